The molecule has 0 saturated carbocycles. The molecule has 0 fully saturated rings. The second kappa shape index (κ2) is 6.69. The molecular weight excluding hydrogens is 356 g/mol. The summed E-state index contributed by atoms with van der Waals surface area (Å²) in [6.07, 6.45) is -0.781. The Morgan fingerprint density at radius 2 is 1.67 bits per heavy atom. The Labute approximate surface area is 137 Å². The van der Waals surface area contributed by atoms with Crippen molar-refractivity contribution in [1.29, 1.82) is 0 Å². The van der Waals surface area contributed by atoms with Gasteiger partial charge in [-0.3, -0.25) is 0 Å². The van der Waals surface area contributed by atoms with E-state index in [0.717, 1.165) is 21.2 Å². The van der Waals surface area contributed by atoms with Crippen molar-refractivity contribution in [3.05, 3.63) is 56.5 Å². The number of benzene rings is 2. The molecule has 2 rings (SSSR count). The largest absolute Gasteiger partial charge is 0.493 e. The molecule has 0 heterocycles. The second-order valence-corrected chi connectivity index (χ2v) is 5.92. The number of ether oxygens (including phenoxy) is 2. The lowest BCUT2D eigenvalue weighted by Crippen LogP contribution is -2.04. The highest BCUT2D eigenvalue weighted by atomic mass is 79.9. The van der Waals surface area contributed by atoms with E-state index in [4.69, 9.17) is 21.1 Å². The van der Waals surface area contributed by atoms with Gasteiger partial charge in [0.25, 0.3) is 0 Å². The van der Waals surface area contributed by atoms with Crippen molar-refractivity contribution in [3.63, 3.8) is 0 Å². The molecule has 5 heteroatoms. The van der Waals surface area contributed by atoms with Gasteiger partial charge in [-0.15, -0.1) is 0 Å². The Morgan fingerprint density at radius 1 is 1.05 bits per heavy atom. The third-order valence-electron chi connectivity index (χ3n) is 3.32. The van der Waals surface area contributed by atoms with Gasteiger partial charge in [0.15, 0.2) is 11.5 Å². The number of aliphatic hydroxyl groups is 1. The Morgan fingerprint density at radius 3 is 2.24 bits per heavy atom. The fourth-order valence-electron chi connectivity index (χ4n) is 2.18. The summed E-state index contributed by atoms with van der Waals surface area (Å²) in [6, 6.07) is 8.95. The first kappa shape index (κ1) is 16.1. The summed E-state index contributed by atoms with van der Waals surface area (Å²) in [5, 5.41) is 11.3. The Bertz CT molecular complexity index is 658. The molecule has 0 bridgehead atoms. The quantitative estimate of drug-likeness (QED) is 0.859. The van der Waals surface area contributed by atoms with Gasteiger partial charge in [-0.1, -0.05) is 33.6 Å². The minimum absolute atomic E-state index is 0.585. The molecular formula is C16H16BrClO3. The van der Waals surface area contributed by atoms with Gasteiger partial charge in [0.05, 0.1) is 14.2 Å². The van der Waals surface area contributed by atoms with E-state index in [2.05, 4.69) is 15.9 Å². The normalized spacial score (nSPS) is 12.1. The molecule has 0 aliphatic rings. The number of rotatable bonds is 4. The number of hydrogen-bond donors (Lipinski definition) is 1. The molecule has 0 amide bonds. The number of aliphatic hydroxyl groups excluding tert-OH is 1. The van der Waals surface area contributed by atoms with Gasteiger partial charge < -0.3 is 14.6 Å². The van der Waals surface area contributed by atoms with Crippen LogP contribution in [0, 0.1) is 6.92 Å². The molecule has 1 N–H and O–H groups in total. The van der Waals surface area contributed by atoms with Crippen molar-refractivity contribution in [2.45, 2.75) is 13.0 Å². The second-order valence-electron chi connectivity index (χ2n) is 4.63. The summed E-state index contributed by atoms with van der Waals surface area (Å²) in [4.78, 5) is 0. The molecule has 0 spiro atoms. The predicted octanol–water partition coefficient (Wildman–Crippen LogP) is 4.51. The van der Waals surface area contributed by atoms with Crippen LogP contribution in [0.5, 0.6) is 11.5 Å². The third-order valence-corrected chi connectivity index (χ3v) is 4.25. The molecule has 0 aromatic heterocycles. The summed E-state index contributed by atoms with van der Waals surface area (Å²) < 4.78 is 11.3. The smallest absolute Gasteiger partial charge is 0.161 e. The van der Waals surface area contributed by atoms with E-state index < -0.39 is 6.10 Å². The van der Waals surface area contributed by atoms with Crippen molar-refractivity contribution in [3.8, 4) is 11.5 Å². The van der Waals surface area contributed by atoms with Crippen molar-refractivity contribution in [2.75, 3.05) is 14.2 Å². The van der Waals surface area contributed by atoms with Gasteiger partial charge in [0.2, 0.25) is 0 Å². The molecule has 112 valence electrons. The van der Waals surface area contributed by atoms with E-state index in [0.29, 0.717) is 16.5 Å². The topological polar surface area (TPSA) is 38.7 Å². The van der Waals surface area contributed by atoms with Crippen molar-refractivity contribution >= 4 is 27.5 Å². The average molecular weight is 372 g/mol. The molecule has 1 unspecified atom stereocenters. The first-order valence-corrected chi connectivity index (χ1v) is 7.50. The zero-order valence-electron chi connectivity index (χ0n) is 12.0. The van der Waals surface area contributed by atoms with Crippen LogP contribution in [0.4, 0.5) is 0 Å². The molecule has 21 heavy (non-hydrogen) atoms. The van der Waals surface area contributed by atoms with E-state index in [1.807, 2.05) is 13.0 Å². The molecule has 0 radical (unpaired) electrons. The first-order chi connectivity index (χ1) is 9.97. The van der Waals surface area contributed by atoms with Gasteiger partial charge in [-0.25, -0.2) is 0 Å². The van der Waals surface area contributed by atoms with Gasteiger partial charge in [0, 0.05) is 9.50 Å². The minimum Gasteiger partial charge on any atom is -0.493 e. The fraction of sp³-hybridized carbons (Fsp3) is 0.250. The molecule has 2 aromatic rings. The predicted molar refractivity (Wildman–Crippen MR) is 87.5 cm³/mol. The summed E-state index contributed by atoms with van der Waals surface area (Å²) in [5.74, 6) is 1.23. The lowest BCUT2D eigenvalue weighted by Gasteiger charge is -2.18. The average Bonchev–Trinajstić information content (AvgIpc) is 2.46. The lowest BCUT2D eigenvalue weighted by atomic mass is 9.97. The SMILES string of the molecule is COc1cc(C)c(C(O)c2ccc(Cl)cc2Br)cc1OC. The van der Waals surface area contributed by atoms with Crippen LogP contribution in [0.15, 0.2) is 34.8 Å². The summed E-state index contributed by atoms with van der Waals surface area (Å²) in [7, 11) is 3.16. The van der Waals surface area contributed by atoms with Crippen LogP contribution in [0.1, 0.15) is 22.8 Å². The van der Waals surface area contributed by atoms with Crippen molar-refractivity contribution in [1.82, 2.24) is 0 Å². The molecule has 0 aliphatic carbocycles. The number of halogens is 2. The van der Waals surface area contributed by atoms with Crippen molar-refractivity contribution < 1.29 is 14.6 Å². The zero-order chi connectivity index (χ0) is 15.6. The van der Waals surface area contributed by atoms with E-state index in [9.17, 15) is 5.11 Å². The molecule has 0 saturated heterocycles. The lowest BCUT2D eigenvalue weighted by molar-refractivity contribution is 0.218. The number of methoxy groups -OCH3 is 2. The highest BCUT2D eigenvalue weighted by molar-refractivity contribution is 9.10. The van der Waals surface area contributed by atoms with Crippen LogP contribution in [0.25, 0.3) is 0 Å². The van der Waals surface area contributed by atoms with E-state index >= 15 is 0 Å². The Balaban J connectivity index is 2.50. The molecule has 3 nitrogen and oxygen atoms in total. The van der Waals surface area contributed by atoms with Crippen LogP contribution in [0.2, 0.25) is 5.02 Å². The summed E-state index contributed by atoms with van der Waals surface area (Å²) in [6.45, 7) is 1.92. The Hall–Kier alpha value is -1.23. The number of hydrogen-bond acceptors (Lipinski definition) is 3. The number of aryl methyl sites for hydroxylation is 1. The highest BCUT2D eigenvalue weighted by Crippen LogP contribution is 2.37. The molecule has 2 aromatic carbocycles. The maximum absolute atomic E-state index is 10.7. The maximum Gasteiger partial charge on any atom is 0.161 e. The van der Waals surface area contributed by atoms with Crippen LogP contribution < -0.4 is 9.47 Å². The van der Waals surface area contributed by atoms with E-state index in [-0.39, 0.29) is 0 Å². The standard InChI is InChI=1S/C16H16BrClO3/c1-9-6-14(20-2)15(21-3)8-12(9)16(19)11-5-4-10(18)7-13(11)17/h4-8,16,19H,1-3H3. The zero-order valence-corrected chi connectivity index (χ0v) is 14.3. The Kier molecular flexibility index (Phi) is 5.14. The van der Waals surface area contributed by atoms with Crippen molar-refractivity contribution in [2.24, 2.45) is 0 Å². The van der Waals surface area contributed by atoms with E-state index in [1.165, 1.54) is 0 Å². The highest BCUT2D eigenvalue weighted by Gasteiger charge is 2.19. The van der Waals surface area contributed by atoms with Crippen LogP contribution in [0.3, 0.4) is 0 Å². The van der Waals surface area contributed by atoms with E-state index in [1.54, 1.807) is 38.5 Å². The summed E-state index contributed by atoms with van der Waals surface area (Å²) >= 11 is 9.37. The van der Waals surface area contributed by atoms with Gasteiger partial charge in [-0.05, 0) is 47.9 Å². The first-order valence-electron chi connectivity index (χ1n) is 6.33. The molecule has 0 aliphatic heterocycles. The fourth-order valence-corrected chi connectivity index (χ4v) is 3.08. The maximum atomic E-state index is 10.7. The van der Waals surface area contributed by atoms with Gasteiger partial charge in [0.1, 0.15) is 6.10 Å². The van der Waals surface area contributed by atoms with Crippen LogP contribution >= 0.6 is 27.5 Å². The molecule has 1 atom stereocenters. The van der Waals surface area contributed by atoms with Gasteiger partial charge in [-0.2, -0.15) is 0 Å². The monoisotopic (exact) mass is 370 g/mol. The third kappa shape index (κ3) is 3.34. The minimum atomic E-state index is -0.781. The summed E-state index contributed by atoms with van der Waals surface area (Å²) in [5.41, 5.74) is 2.42. The van der Waals surface area contributed by atoms with Crippen LogP contribution in [-0.2, 0) is 0 Å². The van der Waals surface area contributed by atoms with Crippen LogP contribution in [-0.4, -0.2) is 19.3 Å². The van der Waals surface area contributed by atoms with Gasteiger partial charge >= 0.3 is 0 Å².